The van der Waals surface area contributed by atoms with E-state index in [0.29, 0.717) is 18.8 Å². The van der Waals surface area contributed by atoms with E-state index in [1.54, 1.807) is 17.4 Å². The SMILES string of the molecule is Cc1ccc(Oc2ccc([As]c3ncnc4cccc(O[C@H](C)CN(C)C(=O)CN5CCN(C)CC5)c34)cc2C)cn1. The molecule has 1 radical (unpaired) electrons. The van der Waals surface area contributed by atoms with E-state index >= 15 is 0 Å². The molecule has 42 heavy (non-hydrogen) atoms. The Morgan fingerprint density at radius 2 is 1.83 bits per heavy atom. The molecule has 1 aliphatic rings. The molecule has 2 aromatic carbocycles. The topological polar surface area (TPSA) is 83.9 Å². The van der Waals surface area contributed by atoms with E-state index in [2.05, 4.69) is 45.9 Å². The number of fused-ring (bicyclic) bond motifs is 1. The third-order valence-electron chi connectivity index (χ3n) is 7.35. The summed E-state index contributed by atoms with van der Waals surface area (Å²) < 4.78 is 14.7. The predicted octanol–water partition coefficient (Wildman–Crippen LogP) is 2.56. The van der Waals surface area contributed by atoms with Crippen LogP contribution in [-0.2, 0) is 4.79 Å². The summed E-state index contributed by atoms with van der Waals surface area (Å²) >= 11 is -0.442. The molecule has 219 valence electrons. The van der Waals surface area contributed by atoms with E-state index < -0.39 is 15.8 Å². The molecule has 9 nitrogen and oxygen atoms in total. The summed E-state index contributed by atoms with van der Waals surface area (Å²) in [5.74, 6) is 2.38. The number of carbonyl (C=O) groups is 1. The Kier molecular flexibility index (Phi) is 9.72. The number of nitrogens with zero attached hydrogens (tertiary/aromatic N) is 6. The molecule has 0 aliphatic carbocycles. The fraction of sp³-hybridized carbons (Fsp3) is 0.375. The molecule has 0 spiro atoms. The first kappa shape index (κ1) is 30.0. The number of amides is 1. The van der Waals surface area contributed by atoms with Gasteiger partial charge in [-0.15, -0.1) is 0 Å². The Bertz CT molecular complexity index is 1520. The summed E-state index contributed by atoms with van der Waals surface area (Å²) in [6, 6.07) is 16.1. The first-order valence-corrected chi connectivity index (χ1v) is 16.1. The van der Waals surface area contributed by atoms with Crippen LogP contribution in [0.2, 0.25) is 0 Å². The Morgan fingerprint density at radius 1 is 1.02 bits per heavy atom. The van der Waals surface area contributed by atoms with Gasteiger partial charge in [-0.1, -0.05) is 0 Å². The van der Waals surface area contributed by atoms with Crippen LogP contribution in [-0.4, -0.2) is 111 Å². The van der Waals surface area contributed by atoms with E-state index in [-0.39, 0.29) is 12.0 Å². The van der Waals surface area contributed by atoms with Crippen LogP contribution in [0.5, 0.6) is 17.2 Å². The maximum absolute atomic E-state index is 12.9. The quantitative estimate of drug-likeness (QED) is 0.248. The van der Waals surface area contributed by atoms with Gasteiger partial charge in [0.05, 0.1) is 0 Å². The minimum atomic E-state index is -0.442. The van der Waals surface area contributed by atoms with Crippen LogP contribution in [0.4, 0.5) is 0 Å². The summed E-state index contributed by atoms with van der Waals surface area (Å²) in [4.78, 5) is 32.7. The fourth-order valence-electron chi connectivity index (χ4n) is 4.89. The Labute approximate surface area is 254 Å². The van der Waals surface area contributed by atoms with Gasteiger partial charge in [0.2, 0.25) is 0 Å². The normalized spacial score (nSPS) is 15.3. The van der Waals surface area contributed by atoms with Crippen LogP contribution < -0.4 is 18.3 Å². The molecular formula is C32H38AsN6O3. The van der Waals surface area contributed by atoms with Gasteiger partial charge in [-0.05, 0) is 7.05 Å². The molecular weight excluding hydrogens is 591 g/mol. The van der Waals surface area contributed by atoms with Gasteiger partial charge in [-0.3, -0.25) is 0 Å². The zero-order valence-electron chi connectivity index (χ0n) is 24.9. The van der Waals surface area contributed by atoms with Gasteiger partial charge in [0.15, 0.2) is 0 Å². The van der Waals surface area contributed by atoms with E-state index in [9.17, 15) is 4.79 Å². The number of pyridine rings is 1. The molecule has 0 N–H and O–H groups in total. The van der Waals surface area contributed by atoms with Gasteiger partial charge in [0, 0.05) is 0 Å². The minimum absolute atomic E-state index is 0.114. The van der Waals surface area contributed by atoms with Gasteiger partial charge in [0.1, 0.15) is 0 Å². The molecule has 1 aliphatic heterocycles. The van der Waals surface area contributed by atoms with Crippen molar-refractivity contribution >= 4 is 41.4 Å². The average molecular weight is 630 g/mol. The standard InChI is InChI=1S/C32H38AsN6O3/c1-22-17-25(10-12-28(22)42-26-11-9-23(2)34-18-26)33-32-31-27(35-21-36-32)7-6-8-29(31)41-24(3)19-38(5)30(40)20-39-15-13-37(4)14-16-39/h6-12,17-18,21,24H,13-16,19-20H2,1-5H3/t24-/m1/s1. The Hall–Kier alpha value is -3.52. The van der Waals surface area contributed by atoms with Gasteiger partial charge in [-0.2, -0.15) is 0 Å². The first-order valence-electron chi connectivity index (χ1n) is 14.2. The van der Waals surface area contributed by atoms with Crippen molar-refractivity contribution in [3.63, 3.8) is 0 Å². The predicted molar refractivity (Wildman–Crippen MR) is 166 cm³/mol. The molecule has 0 saturated carbocycles. The summed E-state index contributed by atoms with van der Waals surface area (Å²) in [7, 11) is 3.97. The Morgan fingerprint density at radius 3 is 2.57 bits per heavy atom. The number of ether oxygens (including phenoxy) is 2. The number of carbonyl (C=O) groups excluding carboxylic acids is 1. The van der Waals surface area contributed by atoms with E-state index in [1.165, 1.54) is 4.35 Å². The summed E-state index contributed by atoms with van der Waals surface area (Å²) in [6.45, 7) is 10.8. The molecule has 5 rings (SSSR count). The number of rotatable bonds is 10. The van der Waals surface area contributed by atoms with Gasteiger partial charge in [0.25, 0.3) is 0 Å². The Balaban J connectivity index is 1.27. The number of benzene rings is 2. The van der Waals surface area contributed by atoms with Crippen LogP contribution in [0.15, 0.2) is 61.1 Å². The third kappa shape index (κ3) is 7.65. The summed E-state index contributed by atoms with van der Waals surface area (Å²) in [5, 5.41) is 0.932. The monoisotopic (exact) mass is 629 g/mol. The fourth-order valence-corrected chi connectivity index (χ4v) is 7.19. The molecule has 0 bridgehead atoms. The van der Waals surface area contributed by atoms with Crippen molar-refractivity contribution in [1.29, 1.82) is 0 Å². The van der Waals surface area contributed by atoms with Gasteiger partial charge in [-0.25, -0.2) is 0 Å². The molecule has 2 aromatic heterocycles. The number of likely N-dealkylation sites (N-methyl/N-ethyl adjacent to an activating group) is 2. The van der Waals surface area contributed by atoms with Crippen LogP contribution in [0.3, 0.4) is 0 Å². The van der Waals surface area contributed by atoms with E-state index in [1.807, 2.05) is 57.3 Å². The van der Waals surface area contributed by atoms with E-state index in [4.69, 9.17) is 14.5 Å². The maximum atomic E-state index is 12.9. The molecule has 1 saturated heterocycles. The van der Waals surface area contributed by atoms with Crippen molar-refractivity contribution in [2.75, 3.05) is 53.4 Å². The van der Waals surface area contributed by atoms with Crippen LogP contribution in [0, 0.1) is 13.8 Å². The van der Waals surface area contributed by atoms with Crippen LogP contribution >= 0.6 is 0 Å². The second-order valence-electron chi connectivity index (χ2n) is 10.9. The average Bonchev–Trinajstić information content (AvgIpc) is 2.97. The first-order chi connectivity index (χ1) is 20.2. The second kappa shape index (κ2) is 13.6. The summed E-state index contributed by atoms with van der Waals surface area (Å²) in [5.41, 5.74) is 2.86. The van der Waals surface area contributed by atoms with Crippen molar-refractivity contribution in [3.8, 4) is 17.2 Å². The van der Waals surface area contributed by atoms with Crippen LogP contribution in [0.25, 0.3) is 10.9 Å². The number of hydrogen-bond donors (Lipinski definition) is 0. The van der Waals surface area contributed by atoms with Crippen molar-refractivity contribution in [1.82, 2.24) is 29.7 Å². The van der Waals surface area contributed by atoms with Crippen molar-refractivity contribution < 1.29 is 14.3 Å². The van der Waals surface area contributed by atoms with Gasteiger partial charge >= 0.3 is 243 Å². The molecule has 1 amide bonds. The van der Waals surface area contributed by atoms with Crippen molar-refractivity contribution in [2.45, 2.75) is 26.9 Å². The number of piperazine rings is 1. The number of aryl methyl sites for hydroxylation is 2. The number of aromatic nitrogens is 3. The summed E-state index contributed by atoms with van der Waals surface area (Å²) in [6.07, 6.45) is 3.17. The molecule has 10 heteroatoms. The number of hydrogen-bond acceptors (Lipinski definition) is 8. The molecule has 1 atom stereocenters. The third-order valence-corrected chi connectivity index (χ3v) is 9.63. The van der Waals surface area contributed by atoms with Crippen LogP contribution in [0.1, 0.15) is 18.2 Å². The van der Waals surface area contributed by atoms with Gasteiger partial charge < -0.3 is 4.90 Å². The van der Waals surface area contributed by atoms with Crippen molar-refractivity contribution in [2.24, 2.45) is 0 Å². The second-order valence-corrected chi connectivity index (χ2v) is 13.4. The molecule has 3 heterocycles. The molecule has 0 unspecified atom stereocenters. The zero-order chi connectivity index (χ0) is 29.6. The van der Waals surface area contributed by atoms with Crippen molar-refractivity contribution in [3.05, 3.63) is 72.3 Å². The van der Waals surface area contributed by atoms with E-state index in [0.717, 1.165) is 64.3 Å². The molecule has 1 fully saturated rings. The zero-order valence-corrected chi connectivity index (χ0v) is 26.8. The molecule has 4 aromatic rings.